The maximum Gasteiger partial charge on any atom is 0.273 e. The number of carbonyl (C=O) groups excluding carboxylic acids is 1. The van der Waals surface area contributed by atoms with Crippen LogP contribution < -0.4 is 4.74 Å². The molecular weight excluding hydrogens is 454 g/mol. The molecule has 1 saturated heterocycles. The van der Waals surface area contributed by atoms with E-state index < -0.39 is 0 Å². The van der Waals surface area contributed by atoms with Crippen LogP contribution in [0, 0.1) is 0 Å². The highest BCUT2D eigenvalue weighted by molar-refractivity contribution is 6.00. The lowest BCUT2D eigenvalue weighted by Crippen LogP contribution is -2.36. The van der Waals surface area contributed by atoms with Crippen molar-refractivity contribution in [3.8, 4) is 22.8 Å². The molecule has 2 aliphatic heterocycles. The minimum absolute atomic E-state index is 0.000457. The van der Waals surface area contributed by atoms with E-state index in [0.29, 0.717) is 30.1 Å². The van der Waals surface area contributed by atoms with Crippen molar-refractivity contribution in [2.24, 2.45) is 0 Å². The third-order valence-corrected chi connectivity index (χ3v) is 6.87. The fraction of sp³-hybridized carbons (Fsp3) is 0.241. The van der Waals surface area contributed by atoms with Gasteiger partial charge in [0.1, 0.15) is 29.5 Å². The van der Waals surface area contributed by atoms with Gasteiger partial charge in [-0.3, -0.25) is 9.89 Å². The third-order valence-electron chi connectivity index (χ3n) is 6.87. The van der Waals surface area contributed by atoms with Gasteiger partial charge < -0.3 is 19.5 Å². The quantitative estimate of drug-likeness (QED) is 0.384. The molecule has 3 heterocycles. The first kappa shape index (κ1) is 22.4. The number of benzene rings is 3. The van der Waals surface area contributed by atoms with Gasteiger partial charge in [0.25, 0.3) is 5.91 Å². The predicted octanol–water partition coefficient (Wildman–Crippen LogP) is 5.09. The number of H-pyrrole nitrogens is 1. The van der Waals surface area contributed by atoms with Crippen LogP contribution in [0.4, 0.5) is 0 Å². The van der Waals surface area contributed by atoms with Crippen molar-refractivity contribution in [3.05, 3.63) is 101 Å². The van der Waals surface area contributed by atoms with Crippen LogP contribution in [0.1, 0.15) is 46.1 Å². The zero-order chi connectivity index (χ0) is 24.5. The number of rotatable bonds is 7. The van der Waals surface area contributed by atoms with Gasteiger partial charge in [-0.05, 0) is 48.2 Å². The normalized spacial score (nSPS) is 19.0. The number of ether oxygens (including phenoxy) is 2. The third kappa shape index (κ3) is 4.12. The largest absolute Gasteiger partial charge is 0.507 e. The molecule has 182 valence electrons. The first-order chi connectivity index (χ1) is 17.7. The molecule has 1 aromatic heterocycles. The molecule has 0 spiro atoms. The molecule has 0 aliphatic carbocycles. The van der Waals surface area contributed by atoms with Crippen molar-refractivity contribution < 1.29 is 19.4 Å². The number of hydrogen-bond donors (Lipinski definition) is 2. The minimum atomic E-state index is -0.384. The van der Waals surface area contributed by atoms with E-state index in [9.17, 15) is 9.90 Å². The first-order valence-electron chi connectivity index (χ1n) is 12.2. The molecule has 36 heavy (non-hydrogen) atoms. The summed E-state index contributed by atoms with van der Waals surface area (Å²) in [6, 6.07) is 24.6. The molecule has 6 rings (SSSR count). The lowest BCUT2D eigenvalue weighted by Gasteiger charge is -2.28. The predicted molar refractivity (Wildman–Crippen MR) is 135 cm³/mol. The molecule has 4 aromatic rings. The molecule has 2 aliphatic rings. The average Bonchev–Trinajstić information content (AvgIpc) is 3.64. The number of aromatic amines is 1. The number of aromatic hydroxyl groups is 1. The lowest BCUT2D eigenvalue weighted by molar-refractivity contribution is 0.0495. The van der Waals surface area contributed by atoms with E-state index in [1.54, 1.807) is 12.1 Å². The van der Waals surface area contributed by atoms with Gasteiger partial charge in [0.2, 0.25) is 0 Å². The van der Waals surface area contributed by atoms with Gasteiger partial charge in [-0.15, -0.1) is 0 Å². The van der Waals surface area contributed by atoms with E-state index in [1.165, 1.54) is 0 Å². The van der Waals surface area contributed by atoms with Crippen molar-refractivity contribution in [2.45, 2.75) is 31.6 Å². The van der Waals surface area contributed by atoms with Gasteiger partial charge in [0.05, 0.1) is 12.1 Å². The number of amides is 1. The summed E-state index contributed by atoms with van der Waals surface area (Å²) < 4.78 is 12.0. The summed E-state index contributed by atoms with van der Waals surface area (Å²) in [5, 5.41) is 18.0. The van der Waals surface area contributed by atoms with Crippen LogP contribution in [0.3, 0.4) is 0 Å². The summed E-state index contributed by atoms with van der Waals surface area (Å²) in [7, 11) is 0. The molecule has 3 aromatic carbocycles. The molecule has 7 heteroatoms. The van der Waals surface area contributed by atoms with Crippen molar-refractivity contribution in [1.82, 2.24) is 15.1 Å². The van der Waals surface area contributed by atoms with E-state index in [2.05, 4.69) is 10.2 Å². The van der Waals surface area contributed by atoms with Crippen molar-refractivity contribution in [2.75, 3.05) is 13.2 Å². The molecule has 2 atom stereocenters. The van der Waals surface area contributed by atoms with Gasteiger partial charge in [0, 0.05) is 24.3 Å². The second-order valence-electron chi connectivity index (χ2n) is 9.22. The van der Waals surface area contributed by atoms with Crippen LogP contribution in [0.5, 0.6) is 11.5 Å². The van der Waals surface area contributed by atoms with Crippen LogP contribution in [-0.2, 0) is 11.3 Å². The maximum atomic E-state index is 13.6. The fourth-order valence-corrected chi connectivity index (χ4v) is 5.13. The molecule has 0 saturated carbocycles. The molecule has 2 N–H and O–H groups in total. The van der Waals surface area contributed by atoms with E-state index in [-0.39, 0.29) is 23.8 Å². The van der Waals surface area contributed by atoms with Crippen LogP contribution in [0.15, 0.2) is 78.9 Å². The van der Waals surface area contributed by atoms with Crippen LogP contribution in [0.25, 0.3) is 11.3 Å². The number of para-hydroxylation sites is 1. The monoisotopic (exact) mass is 481 g/mol. The molecule has 0 unspecified atom stereocenters. The van der Waals surface area contributed by atoms with Gasteiger partial charge in [-0.2, -0.15) is 5.10 Å². The maximum absolute atomic E-state index is 13.6. The highest BCUT2D eigenvalue weighted by atomic mass is 16.5. The smallest absolute Gasteiger partial charge is 0.273 e. The highest BCUT2D eigenvalue weighted by Crippen LogP contribution is 2.45. The molecule has 7 nitrogen and oxygen atoms in total. The van der Waals surface area contributed by atoms with Crippen molar-refractivity contribution in [1.29, 1.82) is 0 Å². The summed E-state index contributed by atoms with van der Waals surface area (Å²) in [4.78, 5) is 15.5. The van der Waals surface area contributed by atoms with E-state index >= 15 is 0 Å². The second kappa shape index (κ2) is 9.51. The van der Waals surface area contributed by atoms with E-state index in [4.69, 9.17) is 9.47 Å². The Morgan fingerprint density at radius 1 is 1.06 bits per heavy atom. The van der Waals surface area contributed by atoms with Gasteiger partial charge in [0.15, 0.2) is 0 Å². The minimum Gasteiger partial charge on any atom is -0.507 e. The Kier molecular flexibility index (Phi) is 5.91. The van der Waals surface area contributed by atoms with Gasteiger partial charge in [-0.1, -0.05) is 54.6 Å². The number of fused-ring (bicyclic) bond motifs is 1. The standard InChI is InChI=1S/C29H27N3O4/c33-24-14-5-4-13-23(24)26-25-27(31-30-26)29(34)32(17-22-12-7-15-35-22)28(25)20-10-6-11-21(16-20)36-18-19-8-2-1-3-9-19/h1-6,8-11,13-14,16,22,28,33H,7,12,15,17-18H2,(H,30,31)/t22-,28-/m0/s1. The topological polar surface area (TPSA) is 87.7 Å². The van der Waals surface area contributed by atoms with Crippen molar-refractivity contribution in [3.63, 3.8) is 0 Å². The summed E-state index contributed by atoms with van der Waals surface area (Å²) in [5.74, 6) is 0.729. The number of carbonyl (C=O) groups is 1. The Morgan fingerprint density at radius 2 is 1.89 bits per heavy atom. The Balaban J connectivity index is 1.39. The van der Waals surface area contributed by atoms with E-state index in [1.807, 2.05) is 71.6 Å². The molecule has 0 radical (unpaired) electrons. The number of hydrogen-bond acceptors (Lipinski definition) is 5. The zero-order valence-corrected chi connectivity index (χ0v) is 19.8. The van der Waals surface area contributed by atoms with Gasteiger partial charge in [-0.25, -0.2) is 0 Å². The van der Waals surface area contributed by atoms with Crippen LogP contribution in [0.2, 0.25) is 0 Å². The number of phenols is 1. The summed E-state index contributed by atoms with van der Waals surface area (Å²) >= 11 is 0. The molecular formula is C29H27N3O4. The van der Waals surface area contributed by atoms with Crippen LogP contribution >= 0.6 is 0 Å². The fourth-order valence-electron chi connectivity index (χ4n) is 5.13. The number of phenolic OH excluding ortho intramolecular Hbond substituents is 1. The molecule has 0 bridgehead atoms. The number of nitrogens with zero attached hydrogens (tertiary/aromatic N) is 2. The summed E-state index contributed by atoms with van der Waals surface area (Å²) in [6.45, 7) is 1.66. The average molecular weight is 482 g/mol. The summed E-state index contributed by atoms with van der Waals surface area (Å²) in [5.41, 5.74) is 4.38. The first-order valence-corrected chi connectivity index (χ1v) is 12.2. The lowest BCUT2D eigenvalue weighted by atomic mass is 9.95. The number of aromatic nitrogens is 2. The van der Waals surface area contributed by atoms with Crippen LogP contribution in [-0.4, -0.2) is 45.4 Å². The van der Waals surface area contributed by atoms with Gasteiger partial charge >= 0.3 is 0 Å². The SMILES string of the molecule is O=C1c2[nH]nc(-c3ccccc3O)c2[C@H](c2cccc(OCc3ccccc3)c2)N1C[C@@H]1CCCO1. The Hall–Kier alpha value is -4.10. The molecule has 1 fully saturated rings. The Bertz CT molecular complexity index is 1380. The summed E-state index contributed by atoms with van der Waals surface area (Å²) in [6.07, 6.45) is 1.92. The Labute approximate surface area is 209 Å². The second-order valence-corrected chi connectivity index (χ2v) is 9.22. The van der Waals surface area contributed by atoms with Crippen molar-refractivity contribution >= 4 is 5.91 Å². The zero-order valence-electron chi connectivity index (χ0n) is 19.8. The highest BCUT2D eigenvalue weighted by Gasteiger charge is 2.43. The Morgan fingerprint density at radius 3 is 2.69 bits per heavy atom. The molecule has 1 amide bonds. The number of nitrogens with one attached hydrogen (secondary N) is 1. The van der Waals surface area contributed by atoms with E-state index in [0.717, 1.165) is 41.9 Å².